The van der Waals surface area contributed by atoms with Crippen LogP contribution in [0.1, 0.15) is 15.9 Å². The van der Waals surface area contributed by atoms with E-state index in [1.807, 2.05) is 0 Å². The van der Waals surface area contributed by atoms with Gasteiger partial charge in [-0.25, -0.2) is 9.18 Å². The fourth-order valence-corrected chi connectivity index (χ4v) is 1.56. The molecule has 0 spiro atoms. The van der Waals surface area contributed by atoms with Crippen LogP contribution in [-0.4, -0.2) is 20.9 Å². The largest absolute Gasteiger partial charge is 0.477 e. The summed E-state index contributed by atoms with van der Waals surface area (Å²) in [5.41, 5.74) is -0.488. The summed E-state index contributed by atoms with van der Waals surface area (Å²) < 4.78 is 13.7. The summed E-state index contributed by atoms with van der Waals surface area (Å²) in [4.78, 5) is 22.9. The van der Waals surface area contributed by atoms with E-state index in [1.165, 1.54) is 37.4 Å². The van der Waals surface area contributed by atoms with Crippen molar-refractivity contribution in [3.8, 4) is 5.69 Å². The number of carboxylic acids is 1. The van der Waals surface area contributed by atoms with Crippen LogP contribution in [0.5, 0.6) is 0 Å². The predicted octanol–water partition coefficient (Wildman–Crippen LogP) is 1.38. The Labute approximate surface area is 101 Å². The Morgan fingerprint density at radius 3 is 2.50 bits per heavy atom. The number of carbonyl (C=O) groups is 1. The first-order chi connectivity index (χ1) is 8.50. The Balaban J connectivity index is 2.67. The first kappa shape index (κ1) is 12.0. The molecule has 1 heterocycles. The fraction of sp³-hybridized carbons (Fsp3) is 0.0833. The molecule has 5 nitrogen and oxygen atoms in total. The standard InChI is InChI=1S/C12H9FN2O3/c1-7-6-14-15(11(16)10(7)12(17)18)9-4-2-8(13)3-5-9/h2-6H,1H3,(H,17,18). The number of benzene rings is 1. The Bertz CT molecular complexity index is 662. The number of hydrogen-bond acceptors (Lipinski definition) is 3. The molecule has 18 heavy (non-hydrogen) atoms. The van der Waals surface area contributed by atoms with Crippen LogP contribution in [-0.2, 0) is 0 Å². The van der Waals surface area contributed by atoms with Gasteiger partial charge in [-0.05, 0) is 36.8 Å². The van der Waals surface area contributed by atoms with Crippen molar-refractivity contribution in [2.24, 2.45) is 0 Å². The van der Waals surface area contributed by atoms with E-state index in [1.54, 1.807) is 0 Å². The SMILES string of the molecule is Cc1cnn(-c2ccc(F)cc2)c(=O)c1C(=O)O. The smallest absolute Gasteiger partial charge is 0.341 e. The molecule has 92 valence electrons. The second-order valence-corrected chi connectivity index (χ2v) is 3.70. The van der Waals surface area contributed by atoms with Gasteiger partial charge in [0.15, 0.2) is 0 Å². The lowest BCUT2D eigenvalue weighted by molar-refractivity contribution is 0.0693. The zero-order chi connectivity index (χ0) is 13.3. The minimum atomic E-state index is -1.31. The van der Waals surface area contributed by atoms with E-state index in [0.717, 1.165) is 4.68 Å². The molecule has 2 rings (SSSR count). The molecule has 0 bridgehead atoms. The minimum Gasteiger partial charge on any atom is -0.477 e. The average Bonchev–Trinajstić information content (AvgIpc) is 2.30. The summed E-state index contributed by atoms with van der Waals surface area (Å²) in [6, 6.07) is 5.04. The topological polar surface area (TPSA) is 72.2 Å². The van der Waals surface area contributed by atoms with Crippen LogP contribution in [0, 0.1) is 12.7 Å². The predicted molar refractivity (Wildman–Crippen MR) is 61.5 cm³/mol. The van der Waals surface area contributed by atoms with E-state index in [-0.39, 0.29) is 11.1 Å². The van der Waals surface area contributed by atoms with Gasteiger partial charge in [0.05, 0.1) is 11.9 Å². The summed E-state index contributed by atoms with van der Waals surface area (Å²) in [5, 5.41) is 12.8. The minimum absolute atomic E-state index is 0.283. The molecule has 0 unspecified atom stereocenters. The highest BCUT2D eigenvalue weighted by molar-refractivity contribution is 5.88. The number of carboxylic acid groups (broad SMARTS) is 1. The lowest BCUT2D eigenvalue weighted by atomic mass is 10.2. The molecular weight excluding hydrogens is 239 g/mol. The van der Waals surface area contributed by atoms with Gasteiger partial charge in [0.2, 0.25) is 0 Å². The van der Waals surface area contributed by atoms with Crippen LogP contribution < -0.4 is 5.56 Å². The third kappa shape index (κ3) is 2.00. The molecule has 0 saturated carbocycles. The van der Waals surface area contributed by atoms with E-state index in [4.69, 9.17) is 5.11 Å². The maximum absolute atomic E-state index is 12.8. The van der Waals surface area contributed by atoms with Gasteiger partial charge in [-0.2, -0.15) is 9.78 Å². The van der Waals surface area contributed by atoms with E-state index in [9.17, 15) is 14.0 Å². The number of aromatic carboxylic acids is 1. The Morgan fingerprint density at radius 2 is 1.94 bits per heavy atom. The molecule has 0 atom stereocenters. The van der Waals surface area contributed by atoms with Gasteiger partial charge in [0.1, 0.15) is 11.4 Å². The van der Waals surface area contributed by atoms with Crippen LogP contribution in [0.4, 0.5) is 4.39 Å². The van der Waals surface area contributed by atoms with Crippen LogP contribution in [0.3, 0.4) is 0 Å². The monoisotopic (exact) mass is 248 g/mol. The Hall–Kier alpha value is -2.50. The van der Waals surface area contributed by atoms with E-state index >= 15 is 0 Å². The van der Waals surface area contributed by atoms with Gasteiger partial charge in [0, 0.05) is 0 Å². The lowest BCUT2D eigenvalue weighted by Crippen LogP contribution is -2.28. The van der Waals surface area contributed by atoms with Crippen LogP contribution in [0.2, 0.25) is 0 Å². The first-order valence-electron chi connectivity index (χ1n) is 5.09. The zero-order valence-corrected chi connectivity index (χ0v) is 9.42. The van der Waals surface area contributed by atoms with Crippen molar-refractivity contribution in [2.75, 3.05) is 0 Å². The molecule has 0 radical (unpaired) electrons. The highest BCUT2D eigenvalue weighted by Crippen LogP contribution is 2.07. The highest BCUT2D eigenvalue weighted by atomic mass is 19.1. The molecular formula is C12H9FN2O3. The zero-order valence-electron chi connectivity index (χ0n) is 9.42. The molecule has 0 aliphatic carbocycles. The summed E-state index contributed by atoms with van der Waals surface area (Å²) in [6.07, 6.45) is 1.29. The van der Waals surface area contributed by atoms with Gasteiger partial charge in [-0.3, -0.25) is 4.79 Å². The number of halogens is 1. The van der Waals surface area contributed by atoms with Crippen molar-refractivity contribution in [1.29, 1.82) is 0 Å². The van der Waals surface area contributed by atoms with Crippen molar-refractivity contribution in [1.82, 2.24) is 9.78 Å². The Morgan fingerprint density at radius 1 is 1.33 bits per heavy atom. The van der Waals surface area contributed by atoms with Crippen LogP contribution in [0.15, 0.2) is 35.3 Å². The van der Waals surface area contributed by atoms with Crippen molar-refractivity contribution < 1.29 is 14.3 Å². The normalized spacial score (nSPS) is 10.3. The molecule has 0 aliphatic rings. The third-order valence-corrected chi connectivity index (χ3v) is 2.45. The van der Waals surface area contributed by atoms with Crippen molar-refractivity contribution in [2.45, 2.75) is 6.92 Å². The number of rotatable bonds is 2. The van der Waals surface area contributed by atoms with Crippen molar-refractivity contribution in [3.05, 3.63) is 57.8 Å². The van der Waals surface area contributed by atoms with Gasteiger partial charge in [-0.15, -0.1) is 0 Å². The average molecular weight is 248 g/mol. The second-order valence-electron chi connectivity index (χ2n) is 3.70. The molecule has 2 aromatic rings. The number of hydrogen-bond donors (Lipinski definition) is 1. The molecule has 1 N–H and O–H groups in total. The number of aromatic nitrogens is 2. The van der Waals surface area contributed by atoms with E-state index in [2.05, 4.69) is 5.10 Å². The summed E-state index contributed by atoms with van der Waals surface area (Å²) in [6.45, 7) is 1.49. The van der Waals surface area contributed by atoms with Gasteiger partial charge in [-0.1, -0.05) is 0 Å². The van der Waals surface area contributed by atoms with Crippen LogP contribution in [0.25, 0.3) is 5.69 Å². The van der Waals surface area contributed by atoms with Crippen molar-refractivity contribution >= 4 is 5.97 Å². The molecule has 1 aromatic carbocycles. The molecule has 0 amide bonds. The Kier molecular flexibility index (Phi) is 2.93. The molecule has 0 saturated heterocycles. The molecule has 1 aromatic heterocycles. The highest BCUT2D eigenvalue weighted by Gasteiger charge is 2.16. The van der Waals surface area contributed by atoms with Crippen LogP contribution >= 0.6 is 0 Å². The maximum atomic E-state index is 12.8. The fourth-order valence-electron chi connectivity index (χ4n) is 1.56. The van der Waals surface area contributed by atoms with E-state index < -0.39 is 17.3 Å². The van der Waals surface area contributed by atoms with Gasteiger partial charge < -0.3 is 5.11 Å². The van der Waals surface area contributed by atoms with Gasteiger partial charge in [0.25, 0.3) is 5.56 Å². The quantitative estimate of drug-likeness (QED) is 0.871. The van der Waals surface area contributed by atoms with Gasteiger partial charge >= 0.3 is 5.97 Å². The maximum Gasteiger partial charge on any atom is 0.341 e. The summed E-state index contributed by atoms with van der Waals surface area (Å²) in [7, 11) is 0. The first-order valence-corrected chi connectivity index (χ1v) is 5.09. The van der Waals surface area contributed by atoms with E-state index in [0.29, 0.717) is 5.69 Å². The molecule has 6 heteroatoms. The second kappa shape index (κ2) is 4.40. The lowest BCUT2D eigenvalue weighted by Gasteiger charge is -2.06. The third-order valence-electron chi connectivity index (χ3n) is 2.45. The molecule has 0 aliphatic heterocycles. The number of aryl methyl sites for hydroxylation is 1. The summed E-state index contributed by atoms with van der Waals surface area (Å²) in [5.74, 6) is -1.76. The number of nitrogens with zero attached hydrogens (tertiary/aromatic N) is 2. The molecule has 0 fully saturated rings. The summed E-state index contributed by atoms with van der Waals surface area (Å²) >= 11 is 0. The van der Waals surface area contributed by atoms with Crippen molar-refractivity contribution in [3.63, 3.8) is 0 Å².